The van der Waals surface area contributed by atoms with Crippen LogP contribution in [0.15, 0.2) is 36.5 Å². The Balaban J connectivity index is 1.55. The number of ether oxygens (including phenoxy) is 1. The minimum atomic E-state index is -4.40. The molecule has 190 valence electrons. The minimum Gasteiger partial charge on any atom is -0.387 e. The molecule has 1 heterocycles. The number of aromatic nitrogens is 1. The lowest BCUT2D eigenvalue weighted by Gasteiger charge is -2.50. The van der Waals surface area contributed by atoms with Crippen molar-refractivity contribution in [2.45, 2.75) is 76.0 Å². The normalized spacial score (nSPS) is 26.4. The Labute approximate surface area is 204 Å². The van der Waals surface area contributed by atoms with Gasteiger partial charge in [0.15, 0.2) is 0 Å². The monoisotopic (exact) mass is 490 g/mol. The van der Waals surface area contributed by atoms with Crippen LogP contribution in [0.1, 0.15) is 72.6 Å². The summed E-state index contributed by atoms with van der Waals surface area (Å²) in [5.74, 6) is -0.0465. The van der Waals surface area contributed by atoms with E-state index in [1.54, 1.807) is 12.3 Å². The van der Waals surface area contributed by atoms with E-state index in [2.05, 4.69) is 17.2 Å². The first kappa shape index (κ1) is 25.6. The Morgan fingerprint density at radius 1 is 1.29 bits per heavy atom. The number of nitrogens with zero attached hydrogens (tertiary/aromatic N) is 1. The molecular formula is C27H33F3N2O3. The molecule has 0 spiro atoms. The van der Waals surface area contributed by atoms with E-state index < -0.39 is 18.4 Å². The standard InChI is InChI=1S/C27H33F3N2O3/c1-3-26-12-11-25(34,16-35-17-27(28,29)30)15-21(26)7-4-6-19-14-20(9-10-22(19)26)24(33)32-23-8-5-13-31-18(23)2/h5,8-10,13-14,21,34H,3-4,6-7,11-12,15-17H2,1-2H3,(H,32,33). The van der Waals surface area contributed by atoms with Crippen molar-refractivity contribution in [3.05, 3.63) is 58.9 Å². The molecule has 5 nitrogen and oxygen atoms in total. The van der Waals surface area contributed by atoms with Crippen LogP contribution in [0.5, 0.6) is 0 Å². The van der Waals surface area contributed by atoms with Gasteiger partial charge in [-0.3, -0.25) is 9.78 Å². The summed E-state index contributed by atoms with van der Waals surface area (Å²) >= 11 is 0. The van der Waals surface area contributed by atoms with Crippen LogP contribution in [-0.2, 0) is 16.6 Å². The number of anilines is 1. The van der Waals surface area contributed by atoms with Crippen molar-refractivity contribution >= 4 is 11.6 Å². The number of nitrogens with one attached hydrogen (secondary N) is 1. The minimum absolute atomic E-state index is 0.139. The molecule has 0 bridgehead atoms. The zero-order valence-corrected chi connectivity index (χ0v) is 20.3. The summed E-state index contributed by atoms with van der Waals surface area (Å²) in [5, 5.41) is 14.0. The molecule has 35 heavy (non-hydrogen) atoms. The number of fused-ring (bicyclic) bond motifs is 3. The molecule has 0 aliphatic heterocycles. The third-order valence-corrected chi connectivity index (χ3v) is 7.87. The zero-order valence-electron chi connectivity index (χ0n) is 20.3. The number of halogens is 3. The lowest BCUT2D eigenvalue weighted by molar-refractivity contribution is -0.192. The number of hydrogen-bond acceptors (Lipinski definition) is 4. The lowest BCUT2D eigenvalue weighted by Crippen LogP contribution is -2.50. The molecule has 2 aliphatic rings. The number of rotatable bonds is 6. The molecule has 1 aromatic heterocycles. The van der Waals surface area contributed by atoms with Crippen molar-refractivity contribution in [3.63, 3.8) is 0 Å². The number of carbonyl (C=O) groups is 1. The third-order valence-electron chi connectivity index (χ3n) is 7.87. The summed E-state index contributed by atoms with van der Waals surface area (Å²) in [4.78, 5) is 17.2. The van der Waals surface area contributed by atoms with Crippen LogP contribution in [0, 0.1) is 12.8 Å². The van der Waals surface area contributed by atoms with E-state index in [9.17, 15) is 23.1 Å². The molecule has 2 aliphatic carbocycles. The van der Waals surface area contributed by atoms with Crippen molar-refractivity contribution in [2.24, 2.45) is 5.92 Å². The van der Waals surface area contributed by atoms with Crippen LogP contribution in [0.3, 0.4) is 0 Å². The summed E-state index contributed by atoms with van der Waals surface area (Å²) in [7, 11) is 0. The van der Waals surface area contributed by atoms with Crippen LogP contribution >= 0.6 is 0 Å². The number of aliphatic hydroxyl groups is 1. The van der Waals surface area contributed by atoms with Gasteiger partial charge in [-0.05, 0) is 98.6 Å². The number of hydrogen-bond donors (Lipinski definition) is 2. The number of aryl methyl sites for hydroxylation is 2. The third kappa shape index (κ3) is 5.54. The second-order valence-corrected chi connectivity index (χ2v) is 10.1. The number of pyridine rings is 1. The highest BCUT2D eigenvalue weighted by molar-refractivity contribution is 6.04. The summed E-state index contributed by atoms with van der Waals surface area (Å²) in [6.45, 7) is 2.34. The van der Waals surface area contributed by atoms with Gasteiger partial charge in [0.25, 0.3) is 5.91 Å². The van der Waals surface area contributed by atoms with Crippen molar-refractivity contribution < 1.29 is 27.8 Å². The average molecular weight is 491 g/mol. The SMILES string of the molecule is CCC12CCC(O)(COCC(F)(F)F)CC1CCCc1cc(C(=O)Nc3cccnc3C)ccc12. The summed E-state index contributed by atoms with van der Waals surface area (Å²) in [6, 6.07) is 9.48. The van der Waals surface area contributed by atoms with Crippen molar-refractivity contribution in [3.8, 4) is 0 Å². The predicted octanol–water partition coefficient (Wildman–Crippen LogP) is 5.74. The van der Waals surface area contributed by atoms with E-state index in [1.807, 2.05) is 31.2 Å². The van der Waals surface area contributed by atoms with Crippen LogP contribution in [0.2, 0.25) is 0 Å². The number of benzene rings is 1. The molecule has 8 heteroatoms. The molecular weight excluding hydrogens is 457 g/mol. The summed E-state index contributed by atoms with van der Waals surface area (Å²) < 4.78 is 42.5. The van der Waals surface area contributed by atoms with E-state index in [1.165, 1.54) is 5.56 Å². The molecule has 1 aromatic carbocycles. The molecule has 0 radical (unpaired) electrons. The fraction of sp³-hybridized carbons (Fsp3) is 0.556. The molecule has 1 amide bonds. The Kier molecular flexibility index (Phi) is 7.25. The van der Waals surface area contributed by atoms with Gasteiger partial charge in [-0.15, -0.1) is 0 Å². The molecule has 3 atom stereocenters. The molecule has 1 saturated carbocycles. The highest BCUT2D eigenvalue weighted by Crippen LogP contribution is 2.53. The van der Waals surface area contributed by atoms with E-state index in [0.717, 1.165) is 36.9 Å². The van der Waals surface area contributed by atoms with Crippen LogP contribution in [-0.4, -0.2) is 41.0 Å². The van der Waals surface area contributed by atoms with Gasteiger partial charge in [0.05, 0.1) is 23.6 Å². The first-order chi connectivity index (χ1) is 16.6. The largest absolute Gasteiger partial charge is 0.411 e. The maximum Gasteiger partial charge on any atom is 0.411 e. The van der Waals surface area contributed by atoms with Gasteiger partial charge in [0, 0.05) is 11.8 Å². The van der Waals surface area contributed by atoms with E-state index >= 15 is 0 Å². The fourth-order valence-corrected chi connectivity index (χ4v) is 6.07. The predicted molar refractivity (Wildman–Crippen MR) is 127 cm³/mol. The van der Waals surface area contributed by atoms with Crippen molar-refractivity contribution in [1.82, 2.24) is 4.98 Å². The average Bonchev–Trinajstić information content (AvgIpc) is 2.95. The number of amides is 1. The summed E-state index contributed by atoms with van der Waals surface area (Å²) in [6.07, 6.45) is 2.21. The summed E-state index contributed by atoms with van der Waals surface area (Å²) in [5.41, 5.74) is 2.94. The molecule has 2 N–H and O–H groups in total. The van der Waals surface area contributed by atoms with Gasteiger partial charge in [0.1, 0.15) is 6.61 Å². The van der Waals surface area contributed by atoms with E-state index in [0.29, 0.717) is 30.5 Å². The van der Waals surface area contributed by atoms with Gasteiger partial charge in [-0.2, -0.15) is 13.2 Å². The van der Waals surface area contributed by atoms with Gasteiger partial charge >= 0.3 is 6.18 Å². The second kappa shape index (κ2) is 9.90. The topological polar surface area (TPSA) is 71.5 Å². The highest BCUT2D eigenvalue weighted by atomic mass is 19.4. The molecule has 4 rings (SSSR count). The fourth-order valence-electron chi connectivity index (χ4n) is 6.07. The second-order valence-electron chi connectivity index (χ2n) is 10.1. The highest BCUT2D eigenvalue weighted by Gasteiger charge is 2.50. The maximum atomic E-state index is 13.0. The Bertz CT molecular complexity index is 1070. The van der Waals surface area contributed by atoms with E-state index in [-0.39, 0.29) is 23.8 Å². The first-order valence-electron chi connectivity index (χ1n) is 12.3. The number of alkyl halides is 3. The Morgan fingerprint density at radius 2 is 2.09 bits per heavy atom. The molecule has 1 fully saturated rings. The molecule has 3 unspecified atom stereocenters. The lowest BCUT2D eigenvalue weighted by atomic mass is 9.57. The van der Waals surface area contributed by atoms with E-state index in [4.69, 9.17) is 4.74 Å². The Morgan fingerprint density at radius 3 is 2.80 bits per heavy atom. The van der Waals surface area contributed by atoms with Gasteiger partial charge in [0.2, 0.25) is 0 Å². The first-order valence-corrected chi connectivity index (χ1v) is 12.3. The van der Waals surface area contributed by atoms with Gasteiger partial charge < -0.3 is 15.2 Å². The molecule has 2 aromatic rings. The Hall–Kier alpha value is -2.45. The maximum absolute atomic E-state index is 13.0. The van der Waals surface area contributed by atoms with Crippen molar-refractivity contribution in [1.29, 1.82) is 0 Å². The smallest absolute Gasteiger partial charge is 0.387 e. The number of carbonyl (C=O) groups excluding carboxylic acids is 1. The van der Waals surface area contributed by atoms with Crippen LogP contribution in [0.4, 0.5) is 18.9 Å². The zero-order chi connectivity index (χ0) is 25.3. The van der Waals surface area contributed by atoms with Crippen LogP contribution in [0.25, 0.3) is 0 Å². The van der Waals surface area contributed by atoms with Gasteiger partial charge in [-0.25, -0.2) is 0 Å². The quantitative estimate of drug-likeness (QED) is 0.542. The van der Waals surface area contributed by atoms with Crippen molar-refractivity contribution in [2.75, 3.05) is 18.5 Å². The van der Waals surface area contributed by atoms with Gasteiger partial charge in [-0.1, -0.05) is 13.0 Å². The van der Waals surface area contributed by atoms with Crippen LogP contribution < -0.4 is 5.32 Å². The molecule has 0 saturated heterocycles.